The molecule has 1 saturated heterocycles. The van der Waals surface area contributed by atoms with Gasteiger partial charge in [-0.15, -0.1) is 0 Å². The number of hydrogen-bond acceptors (Lipinski definition) is 3. The summed E-state index contributed by atoms with van der Waals surface area (Å²) in [6.07, 6.45) is 2.38. The zero-order valence-corrected chi connectivity index (χ0v) is 12.9. The minimum absolute atomic E-state index is 0.210. The molecule has 1 aromatic rings. The Hall–Kier alpha value is -2.24. The number of methoxy groups -OCH3 is 1. The first-order valence-electron chi connectivity index (χ1n) is 7.62. The second-order valence-corrected chi connectivity index (χ2v) is 5.26. The van der Waals surface area contributed by atoms with E-state index < -0.39 is 0 Å². The van der Waals surface area contributed by atoms with Gasteiger partial charge in [0.05, 0.1) is 7.11 Å². The Labute approximate surface area is 130 Å². The van der Waals surface area contributed by atoms with Gasteiger partial charge in [-0.25, -0.2) is 4.79 Å². The predicted octanol–water partition coefficient (Wildman–Crippen LogP) is 1.51. The van der Waals surface area contributed by atoms with Crippen LogP contribution in [0.15, 0.2) is 24.3 Å². The smallest absolute Gasteiger partial charge is 0.315 e. The lowest BCUT2D eigenvalue weighted by atomic mass is 10.2. The van der Waals surface area contributed by atoms with E-state index in [0.717, 1.165) is 30.7 Å². The van der Waals surface area contributed by atoms with E-state index in [1.165, 1.54) is 0 Å². The number of benzene rings is 1. The average Bonchev–Trinajstić information content (AvgIpc) is 2.95. The second kappa shape index (κ2) is 8.26. The third kappa shape index (κ3) is 4.65. The van der Waals surface area contributed by atoms with E-state index in [4.69, 9.17) is 4.74 Å². The summed E-state index contributed by atoms with van der Waals surface area (Å²) in [5.41, 5.74) is 0.933. The molecule has 1 aliphatic rings. The normalized spacial score (nSPS) is 14.0. The lowest BCUT2D eigenvalue weighted by molar-refractivity contribution is -0.127. The van der Waals surface area contributed by atoms with Gasteiger partial charge in [0.1, 0.15) is 5.75 Å². The van der Waals surface area contributed by atoms with Gasteiger partial charge in [-0.05, 0) is 18.9 Å². The van der Waals surface area contributed by atoms with Gasteiger partial charge in [-0.3, -0.25) is 4.79 Å². The van der Waals surface area contributed by atoms with Crippen molar-refractivity contribution in [1.29, 1.82) is 0 Å². The van der Waals surface area contributed by atoms with Gasteiger partial charge in [-0.2, -0.15) is 0 Å². The van der Waals surface area contributed by atoms with Gasteiger partial charge in [0, 0.05) is 38.2 Å². The first-order chi connectivity index (χ1) is 10.7. The number of urea groups is 1. The van der Waals surface area contributed by atoms with E-state index in [0.29, 0.717) is 26.1 Å². The Balaban J connectivity index is 1.62. The van der Waals surface area contributed by atoms with Crippen molar-refractivity contribution in [3.8, 4) is 5.75 Å². The molecule has 0 atom stereocenters. The molecule has 0 radical (unpaired) electrons. The summed E-state index contributed by atoms with van der Waals surface area (Å²) in [6, 6.07) is 7.37. The van der Waals surface area contributed by atoms with Crippen molar-refractivity contribution in [2.45, 2.75) is 25.8 Å². The number of nitrogens with zero attached hydrogens (tertiary/aromatic N) is 1. The van der Waals surface area contributed by atoms with E-state index in [1.807, 2.05) is 29.2 Å². The third-order valence-corrected chi connectivity index (χ3v) is 3.69. The van der Waals surface area contributed by atoms with Crippen molar-refractivity contribution in [1.82, 2.24) is 15.5 Å². The highest BCUT2D eigenvalue weighted by Crippen LogP contribution is 2.16. The number of rotatable bonds is 7. The number of carbonyl (C=O) groups is 2. The summed E-state index contributed by atoms with van der Waals surface area (Å²) in [5.74, 6) is 0.982. The molecule has 1 heterocycles. The van der Waals surface area contributed by atoms with Gasteiger partial charge in [0.2, 0.25) is 5.91 Å². The van der Waals surface area contributed by atoms with Crippen molar-refractivity contribution >= 4 is 11.9 Å². The highest BCUT2D eigenvalue weighted by atomic mass is 16.5. The van der Waals surface area contributed by atoms with Crippen LogP contribution in [0.5, 0.6) is 5.75 Å². The van der Waals surface area contributed by atoms with Crippen LogP contribution in [-0.2, 0) is 11.3 Å². The fraction of sp³-hybridized carbons (Fsp3) is 0.500. The zero-order chi connectivity index (χ0) is 15.8. The first kappa shape index (κ1) is 16.1. The molecule has 2 rings (SSSR count). The Morgan fingerprint density at radius 2 is 2.14 bits per heavy atom. The molecular weight excluding hydrogens is 282 g/mol. The fourth-order valence-electron chi connectivity index (χ4n) is 2.50. The maximum absolute atomic E-state index is 11.7. The van der Waals surface area contributed by atoms with E-state index in [-0.39, 0.29) is 11.9 Å². The quantitative estimate of drug-likeness (QED) is 0.750. The molecule has 3 amide bonds. The molecule has 0 spiro atoms. The Kier molecular flexibility index (Phi) is 6.06. The second-order valence-electron chi connectivity index (χ2n) is 5.26. The average molecular weight is 305 g/mol. The van der Waals surface area contributed by atoms with Crippen LogP contribution in [0, 0.1) is 0 Å². The van der Waals surface area contributed by atoms with Crippen LogP contribution in [0.25, 0.3) is 0 Å². The SMILES string of the molecule is COc1ccccc1CNC(=O)NCCCN1CCCC1=O. The molecule has 6 nitrogen and oxygen atoms in total. The van der Waals surface area contributed by atoms with E-state index in [9.17, 15) is 9.59 Å². The lowest BCUT2D eigenvalue weighted by Gasteiger charge is -2.15. The van der Waals surface area contributed by atoms with Crippen LogP contribution in [0.4, 0.5) is 4.79 Å². The summed E-state index contributed by atoms with van der Waals surface area (Å²) < 4.78 is 5.23. The zero-order valence-electron chi connectivity index (χ0n) is 12.9. The lowest BCUT2D eigenvalue weighted by Crippen LogP contribution is -2.37. The molecule has 0 aromatic heterocycles. The predicted molar refractivity (Wildman–Crippen MR) is 83.7 cm³/mol. The minimum Gasteiger partial charge on any atom is -0.496 e. The van der Waals surface area contributed by atoms with Crippen molar-refractivity contribution in [3.63, 3.8) is 0 Å². The molecule has 1 aromatic carbocycles. The molecule has 1 aliphatic heterocycles. The van der Waals surface area contributed by atoms with E-state index in [2.05, 4.69) is 10.6 Å². The maximum atomic E-state index is 11.7. The van der Waals surface area contributed by atoms with E-state index >= 15 is 0 Å². The Bertz CT molecular complexity index is 519. The highest BCUT2D eigenvalue weighted by Gasteiger charge is 2.18. The monoisotopic (exact) mass is 305 g/mol. The van der Waals surface area contributed by atoms with Gasteiger partial charge in [0.25, 0.3) is 0 Å². The van der Waals surface area contributed by atoms with Crippen LogP contribution >= 0.6 is 0 Å². The molecule has 0 aliphatic carbocycles. The molecule has 0 saturated carbocycles. The number of likely N-dealkylation sites (tertiary alicyclic amines) is 1. The number of ether oxygens (including phenoxy) is 1. The number of amides is 3. The minimum atomic E-state index is -0.210. The Morgan fingerprint density at radius 3 is 2.86 bits per heavy atom. The van der Waals surface area contributed by atoms with Gasteiger partial charge >= 0.3 is 6.03 Å². The number of para-hydroxylation sites is 1. The first-order valence-corrected chi connectivity index (χ1v) is 7.62. The summed E-state index contributed by atoms with van der Waals surface area (Å²) in [6.45, 7) is 2.53. The summed E-state index contributed by atoms with van der Waals surface area (Å²) >= 11 is 0. The molecule has 2 N–H and O–H groups in total. The van der Waals surface area contributed by atoms with Crippen molar-refractivity contribution in [3.05, 3.63) is 29.8 Å². The molecule has 120 valence electrons. The van der Waals surface area contributed by atoms with Crippen molar-refractivity contribution in [2.24, 2.45) is 0 Å². The molecule has 1 fully saturated rings. The van der Waals surface area contributed by atoms with E-state index in [1.54, 1.807) is 7.11 Å². The standard InChI is InChI=1S/C16H23N3O3/c1-22-14-7-3-2-6-13(14)12-18-16(21)17-9-5-11-19-10-4-8-15(19)20/h2-3,6-7H,4-5,8-12H2,1H3,(H2,17,18,21). The molecular formula is C16H23N3O3. The molecule has 22 heavy (non-hydrogen) atoms. The molecule has 6 heteroatoms. The number of carbonyl (C=O) groups excluding carboxylic acids is 2. The van der Waals surface area contributed by atoms with Crippen LogP contribution in [0.2, 0.25) is 0 Å². The third-order valence-electron chi connectivity index (χ3n) is 3.69. The van der Waals surface area contributed by atoms with Gasteiger partial charge < -0.3 is 20.3 Å². The van der Waals surface area contributed by atoms with Gasteiger partial charge in [-0.1, -0.05) is 18.2 Å². The molecule has 0 unspecified atom stereocenters. The fourth-order valence-corrected chi connectivity index (χ4v) is 2.50. The Morgan fingerprint density at radius 1 is 1.32 bits per heavy atom. The molecule has 0 bridgehead atoms. The summed E-state index contributed by atoms with van der Waals surface area (Å²) in [5, 5.41) is 5.60. The van der Waals surface area contributed by atoms with Crippen LogP contribution in [-0.4, -0.2) is 43.6 Å². The number of nitrogens with one attached hydrogen (secondary N) is 2. The summed E-state index contributed by atoms with van der Waals surface area (Å²) in [4.78, 5) is 25.0. The van der Waals surface area contributed by atoms with Crippen LogP contribution in [0.1, 0.15) is 24.8 Å². The number of hydrogen-bond donors (Lipinski definition) is 2. The topological polar surface area (TPSA) is 70.7 Å². The largest absolute Gasteiger partial charge is 0.496 e. The highest BCUT2D eigenvalue weighted by molar-refractivity contribution is 5.78. The van der Waals surface area contributed by atoms with Crippen LogP contribution in [0.3, 0.4) is 0 Å². The summed E-state index contributed by atoms with van der Waals surface area (Å²) in [7, 11) is 1.61. The maximum Gasteiger partial charge on any atom is 0.315 e. The van der Waals surface area contributed by atoms with Crippen LogP contribution < -0.4 is 15.4 Å². The van der Waals surface area contributed by atoms with Crippen molar-refractivity contribution < 1.29 is 14.3 Å². The van der Waals surface area contributed by atoms with Gasteiger partial charge in [0.15, 0.2) is 0 Å². The van der Waals surface area contributed by atoms with Crippen molar-refractivity contribution in [2.75, 3.05) is 26.7 Å².